The van der Waals surface area contributed by atoms with Crippen molar-refractivity contribution in [2.45, 2.75) is 92.4 Å². The van der Waals surface area contributed by atoms with Crippen LogP contribution in [0.15, 0.2) is 176 Å². The normalized spacial score (nSPS) is 12.3. The van der Waals surface area contributed by atoms with E-state index in [2.05, 4.69) is 238 Å². The summed E-state index contributed by atoms with van der Waals surface area (Å²) >= 11 is 0. The highest BCUT2D eigenvalue weighted by Crippen LogP contribution is 2.44. The Balaban J connectivity index is 1.27. The molecule has 0 radical (unpaired) electrons. The van der Waals surface area contributed by atoms with E-state index in [0.29, 0.717) is 11.4 Å². The maximum absolute atomic E-state index is 11.8. The number of imidazole rings is 1. The average Bonchev–Trinajstić information content (AvgIpc) is 3.72. The monoisotopic (exact) mass is 913 g/mol. The fourth-order valence-corrected chi connectivity index (χ4v) is 10.1. The van der Waals surface area contributed by atoms with Gasteiger partial charge in [0, 0.05) is 28.4 Å². The molecule has 0 fully saturated rings. The second-order valence-electron chi connectivity index (χ2n) is 22.3. The number of phenolic OH excluding ortho intramolecular Hbond substituents is 1. The molecule has 0 spiro atoms. The first kappa shape index (κ1) is 46.2. The van der Waals surface area contributed by atoms with E-state index >= 15 is 0 Å². The molecule has 0 saturated heterocycles. The molecule has 348 valence electrons. The van der Waals surface area contributed by atoms with Gasteiger partial charge in [-0.05, 0) is 163 Å². The van der Waals surface area contributed by atoms with Crippen LogP contribution >= 0.6 is 0 Å². The number of fused-ring (bicyclic) bond motifs is 2. The van der Waals surface area contributed by atoms with Gasteiger partial charge in [-0.15, -0.1) is 0 Å². The number of pyridine rings is 1. The topological polar surface area (TPSA) is 50.9 Å². The first-order valence-corrected chi connectivity index (χ1v) is 24.6. The zero-order valence-corrected chi connectivity index (χ0v) is 42.5. The number of rotatable bonds is 7. The van der Waals surface area contributed by atoms with Gasteiger partial charge in [-0.3, -0.25) is 9.55 Å². The van der Waals surface area contributed by atoms with Gasteiger partial charge in [0.2, 0.25) is 0 Å². The average molecular weight is 914 g/mol. The lowest BCUT2D eigenvalue weighted by Gasteiger charge is -2.21. The Bertz CT molecular complexity index is 3570. The predicted octanol–water partition coefficient (Wildman–Crippen LogP) is 17.8. The first-order valence-electron chi connectivity index (χ1n) is 24.6. The van der Waals surface area contributed by atoms with Crippen molar-refractivity contribution in [1.82, 2.24) is 14.5 Å². The summed E-state index contributed by atoms with van der Waals surface area (Å²) in [4.78, 5) is 10.8. The number of hydrogen-bond donors (Lipinski definition) is 1. The summed E-state index contributed by atoms with van der Waals surface area (Å²) in [6, 6.07) is 61.3. The highest BCUT2D eigenvalue weighted by molar-refractivity contribution is 6.06. The van der Waals surface area contributed by atoms with Crippen LogP contribution in [0, 0.1) is 13.8 Å². The third-order valence-corrected chi connectivity index (χ3v) is 14.1. The minimum atomic E-state index is -0.151. The number of phenols is 1. The number of nitrogens with zero attached hydrogens (tertiary/aromatic N) is 3. The quantitative estimate of drug-likeness (QED) is 0.173. The standard InChI is InChI=1S/C66H63N3O/c1-41-17-15-18-42(2)60(41)48-37-54(61-56(38-48)53(33-34-67-61)44-19-13-12-14-20-44)45-21-16-22-46(35-45)55-36-47(43-23-25-49(26-24-43)64(3,4)5)39-58-62(55)68-63(57-40-51(66(9,10)11)29-32-59(57)70)69(58)52-30-27-50(28-31-52)65(6,7)8/h12-40,70H,1-11H3. The Morgan fingerprint density at radius 2 is 0.971 bits per heavy atom. The Kier molecular flexibility index (Phi) is 11.5. The lowest BCUT2D eigenvalue weighted by molar-refractivity contribution is 0.475. The van der Waals surface area contributed by atoms with E-state index in [1.165, 1.54) is 27.8 Å². The molecule has 4 heteroatoms. The van der Waals surface area contributed by atoms with Gasteiger partial charge in [-0.2, -0.15) is 0 Å². The lowest BCUT2D eigenvalue weighted by Crippen LogP contribution is -2.11. The molecule has 70 heavy (non-hydrogen) atoms. The summed E-state index contributed by atoms with van der Waals surface area (Å²) in [6.45, 7) is 24.5. The van der Waals surface area contributed by atoms with Gasteiger partial charge in [-0.25, -0.2) is 4.98 Å². The summed E-state index contributed by atoms with van der Waals surface area (Å²) in [5.41, 5.74) is 21.4. The third-order valence-electron chi connectivity index (χ3n) is 14.1. The highest BCUT2D eigenvalue weighted by atomic mass is 16.3. The molecule has 0 amide bonds. The molecule has 8 aromatic carbocycles. The van der Waals surface area contributed by atoms with Gasteiger partial charge >= 0.3 is 0 Å². The van der Waals surface area contributed by atoms with Crippen molar-refractivity contribution >= 4 is 21.9 Å². The summed E-state index contributed by atoms with van der Waals surface area (Å²) in [7, 11) is 0. The molecule has 10 rings (SSSR count). The van der Waals surface area contributed by atoms with Gasteiger partial charge in [0.25, 0.3) is 0 Å². The summed E-state index contributed by atoms with van der Waals surface area (Å²) in [5.74, 6) is 0.875. The molecule has 0 saturated carbocycles. The van der Waals surface area contributed by atoms with Gasteiger partial charge in [0.15, 0.2) is 0 Å². The maximum atomic E-state index is 11.8. The highest BCUT2D eigenvalue weighted by Gasteiger charge is 2.25. The molecular weight excluding hydrogens is 851 g/mol. The third kappa shape index (κ3) is 8.61. The fraction of sp³-hybridized carbons (Fsp3) is 0.212. The van der Waals surface area contributed by atoms with Crippen LogP contribution in [-0.4, -0.2) is 19.6 Å². The molecule has 10 aromatic rings. The number of hydrogen-bond acceptors (Lipinski definition) is 3. The van der Waals surface area contributed by atoms with Gasteiger partial charge in [-0.1, -0.05) is 172 Å². The zero-order chi connectivity index (χ0) is 49.3. The fourth-order valence-electron chi connectivity index (χ4n) is 10.1. The van der Waals surface area contributed by atoms with Gasteiger partial charge in [0.05, 0.1) is 22.1 Å². The largest absolute Gasteiger partial charge is 0.507 e. The molecule has 0 aliphatic heterocycles. The van der Waals surface area contributed by atoms with Crippen LogP contribution in [0.4, 0.5) is 0 Å². The van der Waals surface area contributed by atoms with Crippen LogP contribution in [0.25, 0.3) is 94.6 Å². The van der Waals surface area contributed by atoms with E-state index in [4.69, 9.17) is 9.97 Å². The molecule has 0 unspecified atom stereocenters. The van der Waals surface area contributed by atoms with E-state index in [1.807, 2.05) is 18.3 Å². The van der Waals surface area contributed by atoms with Crippen LogP contribution in [0.3, 0.4) is 0 Å². The van der Waals surface area contributed by atoms with Crippen molar-refractivity contribution in [3.63, 3.8) is 0 Å². The van der Waals surface area contributed by atoms with Gasteiger partial charge < -0.3 is 5.11 Å². The van der Waals surface area contributed by atoms with Crippen molar-refractivity contribution in [1.29, 1.82) is 0 Å². The van der Waals surface area contributed by atoms with E-state index < -0.39 is 0 Å². The number of benzene rings is 8. The van der Waals surface area contributed by atoms with E-state index in [1.54, 1.807) is 0 Å². The van der Waals surface area contributed by atoms with Crippen molar-refractivity contribution < 1.29 is 5.11 Å². The summed E-state index contributed by atoms with van der Waals surface area (Å²) < 4.78 is 2.25. The van der Waals surface area contributed by atoms with Crippen molar-refractivity contribution in [3.8, 4) is 78.5 Å². The van der Waals surface area contributed by atoms with Crippen LogP contribution in [0.5, 0.6) is 5.75 Å². The Morgan fingerprint density at radius 3 is 1.60 bits per heavy atom. The summed E-state index contributed by atoms with van der Waals surface area (Å²) in [6.07, 6.45) is 1.95. The summed E-state index contributed by atoms with van der Waals surface area (Å²) in [5, 5.41) is 12.9. The molecule has 0 bridgehead atoms. The van der Waals surface area contributed by atoms with Crippen LogP contribution in [-0.2, 0) is 16.2 Å². The lowest BCUT2D eigenvalue weighted by atomic mass is 9.86. The second-order valence-corrected chi connectivity index (χ2v) is 22.3. The molecule has 4 nitrogen and oxygen atoms in total. The predicted molar refractivity (Wildman–Crippen MR) is 296 cm³/mol. The van der Waals surface area contributed by atoms with Crippen molar-refractivity contribution in [2.24, 2.45) is 0 Å². The van der Waals surface area contributed by atoms with E-state index in [0.717, 1.165) is 83.3 Å². The number of aromatic nitrogens is 3. The maximum Gasteiger partial charge on any atom is 0.149 e. The zero-order valence-electron chi connectivity index (χ0n) is 42.5. The van der Waals surface area contributed by atoms with Crippen LogP contribution in [0.1, 0.15) is 90.1 Å². The minimum absolute atomic E-state index is 0.0144. The molecule has 2 aromatic heterocycles. The molecule has 2 heterocycles. The number of aromatic hydroxyl groups is 1. The second kappa shape index (κ2) is 17.4. The molecule has 1 N–H and O–H groups in total. The first-order chi connectivity index (χ1) is 33.3. The minimum Gasteiger partial charge on any atom is -0.507 e. The molecule has 0 atom stereocenters. The Labute approximate surface area is 414 Å². The van der Waals surface area contributed by atoms with Crippen LogP contribution in [0.2, 0.25) is 0 Å². The SMILES string of the molecule is Cc1cccc(C)c1-c1cc(-c2cccc(-c3cc(-c4ccc(C(C)(C)C)cc4)cc4c3nc(-c3cc(C(C)(C)C)ccc3O)n4-c3ccc(C(C)(C)C)cc3)c2)c2nccc(-c3ccccc3)c2c1. The van der Waals surface area contributed by atoms with Crippen molar-refractivity contribution in [3.05, 3.63) is 204 Å². The Morgan fingerprint density at radius 1 is 0.414 bits per heavy atom. The number of aryl methyl sites for hydroxylation is 2. The smallest absolute Gasteiger partial charge is 0.149 e. The van der Waals surface area contributed by atoms with E-state index in [-0.39, 0.29) is 22.0 Å². The van der Waals surface area contributed by atoms with E-state index in [9.17, 15) is 5.11 Å². The Hall–Kier alpha value is -7.56. The van der Waals surface area contributed by atoms with Crippen molar-refractivity contribution in [2.75, 3.05) is 0 Å². The molecule has 0 aliphatic carbocycles. The molecule has 0 aliphatic rings. The molecular formula is C66H63N3O. The van der Waals surface area contributed by atoms with Gasteiger partial charge in [0.1, 0.15) is 11.6 Å². The van der Waals surface area contributed by atoms with Crippen LogP contribution < -0.4 is 0 Å².